The molecule has 0 aliphatic carbocycles. The van der Waals surface area contributed by atoms with Gasteiger partial charge in [-0.15, -0.1) is 0 Å². The summed E-state index contributed by atoms with van der Waals surface area (Å²) in [7, 11) is -3.73. The largest absolute Gasteiger partial charge is 0.317 e. The average molecular weight is 394 g/mol. The molecule has 2 aromatic carbocycles. The first-order valence-corrected chi connectivity index (χ1v) is 10.1. The molecule has 1 N–H and O–H groups in total. The molecule has 8 heteroatoms. The van der Waals surface area contributed by atoms with Crippen molar-refractivity contribution in [3.8, 4) is 0 Å². The van der Waals surface area contributed by atoms with Crippen molar-refractivity contribution in [1.29, 1.82) is 0 Å². The molecule has 0 aromatic heterocycles. The Morgan fingerprint density at radius 1 is 1.15 bits per heavy atom. The molecule has 0 saturated carbocycles. The van der Waals surface area contributed by atoms with Gasteiger partial charge < -0.3 is 5.32 Å². The summed E-state index contributed by atoms with van der Waals surface area (Å²) >= 11 is 0. The summed E-state index contributed by atoms with van der Waals surface area (Å²) in [5, 5.41) is 2.16. The number of hydrogen-bond donors (Lipinski definition) is 1. The zero-order valence-electron chi connectivity index (χ0n) is 14.8. The quantitative estimate of drug-likeness (QED) is 0.861. The van der Waals surface area contributed by atoms with Crippen LogP contribution < -0.4 is 5.32 Å². The van der Waals surface area contributed by atoms with Gasteiger partial charge in [0.1, 0.15) is 17.3 Å². The number of nitrogens with zero attached hydrogens (tertiary/aromatic N) is 1. The molecule has 1 amide bonds. The SMILES string of the molecule is CC1CCCN(S(=O)(=O)c2cccc(C(=O)Nc3c(F)cccc3F)c2)C1. The van der Waals surface area contributed by atoms with Crippen molar-refractivity contribution in [2.75, 3.05) is 18.4 Å². The first kappa shape index (κ1) is 19.4. The maximum atomic E-state index is 13.7. The summed E-state index contributed by atoms with van der Waals surface area (Å²) in [6.07, 6.45) is 1.76. The van der Waals surface area contributed by atoms with Crippen LogP contribution in [0.2, 0.25) is 0 Å². The Morgan fingerprint density at radius 3 is 2.48 bits per heavy atom. The highest BCUT2D eigenvalue weighted by Gasteiger charge is 2.29. The molecule has 0 radical (unpaired) electrons. The number of para-hydroxylation sites is 1. The van der Waals surface area contributed by atoms with Gasteiger partial charge >= 0.3 is 0 Å². The van der Waals surface area contributed by atoms with Crippen molar-refractivity contribution in [3.63, 3.8) is 0 Å². The van der Waals surface area contributed by atoms with Crippen molar-refractivity contribution >= 4 is 21.6 Å². The monoisotopic (exact) mass is 394 g/mol. The third-order valence-corrected chi connectivity index (χ3v) is 6.42. The Bertz CT molecular complexity index is 943. The topological polar surface area (TPSA) is 66.5 Å². The van der Waals surface area contributed by atoms with Crippen LogP contribution in [-0.4, -0.2) is 31.7 Å². The molecule has 1 aliphatic heterocycles. The van der Waals surface area contributed by atoms with Gasteiger partial charge in [-0.1, -0.05) is 19.1 Å². The highest BCUT2D eigenvalue weighted by Crippen LogP contribution is 2.25. The third-order valence-electron chi connectivity index (χ3n) is 4.56. The van der Waals surface area contributed by atoms with E-state index in [-0.39, 0.29) is 16.4 Å². The second-order valence-electron chi connectivity index (χ2n) is 6.69. The van der Waals surface area contributed by atoms with Gasteiger partial charge in [-0.05, 0) is 49.1 Å². The van der Waals surface area contributed by atoms with Crippen LogP contribution >= 0.6 is 0 Å². The van der Waals surface area contributed by atoms with Crippen LogP contribution in [0.5, 0.6) is 0 Å². The minimum absolute atomic E-state index is 0.00351. The van der Waals surface area contributed by atoms with Crippen LogP contribution in [0.25, 0.3) is 0 Å². The van der Waals surface area contributed by atoms with Gasteiger partial charge in [0.05, 0.1) is 4.90 Å². The van der Waals surface area contributed by atoms with Crippen LogP contribution in [0.4, 0.5) is 14.5 Å². The van der Waals surface area contributed by atoms with E-state index in [9.17, 15) is 22.0 Å². The van der Waals surface area contributed by atoms with E-state index in [1.165, 1.54) is 34.6 Å². The van der Waals surface area contributed by atoms with Crippen molar-refractivity contribution < 1.29 is 22.0 Å². The van der Waals surface area contributed by atoms with E-state index in [4.69, 9.17) is 0 Å². The molecule has 144 valence electrons. The number of anilines is 1. The molecular weight excluding hydrogens is 374 g/mol. The van der Waals surface area contributed by atoms with Gasteiger partial charge in [-0.25, -0.2) is 17.2 Å². The molecule has 1 heterocycles. The molecule has 1 unspecified atom stereocenters. The van der Waals surface area contributed by atoms with Crippen LogP contribution in [0.15, 0.2) is 47.4 Å². The van der Waals surface area contributed by atoms with Gasteiger partial charge in [-0.2, -0.15) is 4.31 Å². The fourth-order valence-electron chi connectivity index (χ4n) is 3.11. The summed E-state index contributed by atoms with van der Waals surface area (Å²) in [6, 6.07) is 8.71. The lowest BCUT2D eigenvalue weighted by Gasteiger charge is -2.30. The lowest BCUT2D eigenvalue weighted by atomic mass is 10.0. The summed E-state index contributed by atoms with van der Waals surface area (Å²) in [4.78, 5) is 12.4. The standard InChI is InChI=1S/C19H20F2N2O3S/c1-13-5-4-10-23(12-13)27(25,26)15-7-2-6-14(11-15)19(24)22-18-16(20)8-3-9-17(18)21/h2-3,6-9,11,13H,4-5,10,12H2,1H3,(H,22,24). The molecule has 1 saturated heterocycles. The number of piperidine rings is 1. The predicted molar refractivity (Wildman–Crippen MR) is 97.9 cm³/mol. The number of amides is 1. The summed E-state index contributed by atoms with van der Waals surface area (Å²) in [5.74, 6) is -2.34. The minimum Gasteiger partial charge on any atom is -0.317 e. The Morgan fingerprint density at radius 2 is 1.81 bits per heavy atom. The summed E-state index contributed by atoms with van der Waals surface area (Å²) in [5.41, 5.74) is -0.565. The molecule has 1 aliphatic rings. The number of hydrogen-bond acceptors (Lipinski definition) is 3. The highest BCUT2D eigenvalue weighted by molar-refractivity contribution is 7.89. The van der Waals surface area contributed by atoms with Crippen molar-refractivity contribution in [2.24, 2.45) is 5.92 Å². The van der Waals surface area contributed by atoms with Gasteiger partial charge in [0.2, 0.25) is 10.0 Å². The number of halogens is 2. The predicted octanol–water partition coefficient (Wildman–Crippen LogP) is 3.64. The Balaban J connectivity index is 1.86. The number of nitrogens with one attached hydrogen (secondary N) is 1. The molecule has 3 rings (SSSR count). The number of benzene rings is 2. The van der Waals surface area contributed by atoms with Crippen LogP contribution in [0.1, 0.15) is 30.1 Å². The van der Waals surface area contributed by atoms with Crippen molar-refractivity contribution in [2.45, 2.75) is 24.7 Å². The van der Waals surface area contributed by atoms with E-state index in [0.717, 1.165) is 25.0 Å². The molecule has 5 nitrogen and oxygen atoms in total. The van der Waals surface area contributed by atoms with Gasteiger partial charge in [0.15, 0.2) is 0 Å². The second-order valence-corrected chi connectivity index (χ2v) is 8.63. The minimum atomic E-state index is -3.73. The molecule has 1 atom stereocenters. The number of rotatable bonds is 4. The van der Waals surface area contributed by atoms with Gasteiger partial charge in [0.25, 0.3) is 5.91 Å². The molecule has 0 spiro atoms. The highest BCUT2D eigenvalue weighted by atomic mass is 32.2. The molecular formula is C19H20F2N2O3S. The first-order valence-electron chi connectivity index (χ1n) is 8.64. The Hall–Kier alpha value is -2.32. The van der Waals surface area contributed by atoms with Gasteiger partial charge in [0, 0.05) is 18.7 Å². The fraction of sp³-hybridized carbons (Fsp3) is 0.316. The molecule has 2 aromatic rings. The molecule has 1 fully saturated rings. The first-order chi connectivity index (χ1) is 12.8. The van der Waals surface area contributed by atoms with Crippen LogP contribution in [0, 0.1) is 17.6 Å². The normalized spacial score (nSPS) is 18.3. The van der Waals surface area contributed by atoms with E-state index in [1.54, 1.807) is 0 Å². The molecule has 27 heavy (non-hydrogen) atoms. The number of sulfonamides is 1. The smallest absolute Gasteiger partial charge is 0.255 e. The van der Waals surface area contributed by atoms with Crippen molar-refractivity contribution in [3.05, 3.63) is 59.7 Å². The Kier molecular flexibility index (Phi) is 5.57. The van der Waals surface area contributed by atoms with E-state index < -0.39 is 33.3 Å². The molecule has 0 bridgehead atoms. The summed E-state index contributed by atoms with van der Waals surface area (Å²) < 4.78 is 54.5. The van der Waals surface area contributed by atoms with Crippen LogP contribution in [-0.2, 0) is 10.0 Å². The lowest BCUT2D eigenvalue weighted by molar-refractivity contribution is 0.102. The van der Waals surface area contributed by atoms with E-state index in [0.29, 0.717) is 13.1 Å². The van der Waals surface area contributed by atoms with E-state index in [2.05, 4.69) is 5.32 Å². The zero-order chi connectivity index (χ0) is 19.6. The average Bonchev–Trinajstić information content (AvgIpc) is 2.65. The maximum absolute atomic E-state index is 13.7. The third kappa shape index (κ3) is 4.17. The van der Waals surface area contributed by atoms with Gasteiger partial charge in [-0.3, -0.25) is 4.79 Å². The summed E-state index contributed by atoms with van der Waals surface area (Å²) in [6.45, 7) is 2.86. The number of carbonyl (C=O) groups is 1. The van der Waals surface area contributed by atoms with E-state index in [1.807, 2.05) is 6.92 Å². The fourth-order valence-corrected chi connectivity index (χ4v) is 4.76. The van der Waals surface area contributed by atoms with Crippen LogP contribution in [0.3, 0.4) is 0 Å². The Labute approximate surface area is 157 Å². The van der Waals surface area contributed by atoms with E-state index >= 15 is 0 Å². The zero-order valence-corrected chi connectivity index (χ0v) is 15.6. The maximum Gasteiger partial charge on any atom is 0.255 e. The second kappa shape index (κ2) is 7.74. The lowest BCUT2D eigenvalue weighted by Crippen LogP contribution is -2.39. The number of carbonyl (C=O) groups excluding carboxylic acids is 1. The van der Waals surface area contributed by atoms with Crippen molar-refractivity contribution in [1.82, 2.24) is 4.31 Å².